The maximum absolute atomic E-state index is 13.4. The van der Waals surface area contributed by atoms with Gasteiger partial charge < -0.3 is 28.4 Å². The summed E-state index contributed by atoms with van der Waals surface area (Å²) < 4.78 is 48.4. The lowest BCUT2D eigenvalue weighted by atomic mass is 10.2. The fraction of sp³-hybridized carbons (Fsp3) is 0.842. The Hall–Kier alpha value is -0.730. The molecule has 0 heterocycles. The standard InChI is InChI=1S/C19H36O8P/c1-9-22-17(18(23-10-2,24-11-3)25-12-4)19(26-13-5,27-14-6)28(21)16(20)15(7)8/h17H,7,9-14H2,1-6,8H3/q+1. The molecule has 0 N–H and O–H groups in total. The van der Waals surface area contributed by atoms with Gasteiger partial charge in [-0.25, -0.2) is 4.79 Å². The molecule has 0 bridgehead atoms. The molecule has 0 saturated carbocycles. The van der Waals surface area contributed by atoms with Crippen LogP contribution in [0, 0.1) is 0 Å². The predicted molar refractivity (Wildman–Crippen MR) is 106 cm³/mol. The van der Waals surface area contributed by atoms with Gasteiger partial charge in [-0.3, -0.25) is 0 Å². The fourth-order valence-electron chi connectivity index (χ4n) is 2.70. The van der Waals surface area contributed by atoms with Crippen molar-refractivity contribution in [1.29, 1.82) is 0 Å². The molecule has 0 aromatic carbocycles. The number of carbonyl (C=O) groups excluding carboxylic acids is 1. The Kier molecular flexibility index (Phi) is 13.1. The summed E-state index contributed by atoms with van der Waals surface area (Å²) in [4.78, 5) is 12.6. The van der Waals surface area contributed by atoms with Crippen LogP contribution in [0.5, 0.6) is 0 Å². The molecule has 2 atom stereocenters. The second kappa shape index (κ2) is 13.5. The summed E-state index contributed by atoms with van der Waals surface area (Å²) in [7, 11) is -2.79. The molecule has 0 radical (unpaired) electrons. The topological polar surface area (TPSA) is 89.5 Å². The fourth-order valence-corrected chi connectivity index (χ4v) is 4.27. The Morgan fingerprint density at radius 3 is 1.50 bits per heavy atom. The normalized spacial score (nSPS) is 14.0. The van der Waals surface area contributed by atoms with Crippen molar-refractivity contribution in [1.82, 2.24) is 0 Å². The van der Waals surface area contributed by atoms with Gasteiger partial charge in [0.1, 0.15) is 0 Å². The molecule has 0 aliphatic rings. The SMILES string of the molecule is C=C(C)C(=O)[P+](=O)C(OCC)(OCC)C(OCC)C(OCC)(OCC)OCC. The van der Waals surface area contributed by atoms with Crippen LogP contribution < -0.4 is 0 Å². The Morgan fingerprint density at radius 2 is 1.21 bits per heavy atom. The van der Waals surface area contributed by atoms with E-state index in [9.17, 15) is 9.36 Å². The first kappa shape index (κ1) is 27.3. The minimum absolute atomic E-state index is 0.106. The monoisotopic (exact) mass is 423 g/mol. The number of ether oxygens (including phenoxy) is 6. The number of hydrogen-bond acceptors (Lipinski definition) is 8. The molecular weight excluding hydrogens is 387 g/mol. The van der Waals surface area contributed by atoms with Crippen molar-refractivity contribution < 1.29 is 37.8 Å². The van der Waals surface area contributed by atoms with Crippen molar-refractivity contribution in [2.75, 3.05) is 39.6 Å². The Balaban J connectivity index is 6.73. The van der Waals surface area contributed by atoms with Crippen molar-refractivity contribution in [2.45, 2.75) is 66.1 Å². The molecule has 2 unspecified atom stereocenters. The molecule has 28 heavy (non-hydrogen) atoms. The largest absolute Gasteiger partial charge is 0.489 e. The first-order valence-corrected chi connectivity index (χ1v) is 11.0. The molecule has 8 nitrogen and oxygen atoms in total. The second-order valence-corrected chi connectivity index (χ2v) is 7.23. The first-order chi connectivity index (χ1) is 13.3. The molecule has 0 aliphatic carbocycles. The third-order valence-corrected chi connectivity index (χ3v) is 5.37. The molecule has 164 valence electrons. The average molecular weight is 423 g/mol. The number of carbonyl (C=O) groups is 1. The Bertz CT molecular complexity index is 485. The quantitative estimate of drug-likeness (QED) is 0.198. The molecule has 0 aliphatic heterocycles. The van der Waals surface area contributed by atoms with Gasteiger partial charge in [0.05, 0.1) is 13.2 Å². The van der Waals surface area contributed by atoms with Crippen molar-refractivity contribution in [3.8, 4) is 0 Å². The summed E-state index contributed by atoms with van der Waals surface area (Å²) in [6.07, 6.45) is -1.27. The molecule has 0 saturated heterocycles. The lowest BCUT2D eigenvalue weighted by Gasteiger charge is -2.42. The van der Waals surface area contributed by atoms with Crippen molar-refractivity contribution in [2.24, 2.45) is 0 Å². The van der Waals surface area contributed by atoms with Crippen LogP contribution in [0.2, 0.25) is 0 Å². The number of hydrogen-bond donors (Lipinski definition) is 0. The molecular formula is C19H36O8P+. The van der Waals surface area contributed by atoms with E-state index in [1.54, 1.807) is 41.5 Å². The van der Waals surface area contributed by atoms with Crippen molar-refractivity contribution in [3.63, 3.8) is 0 Å². The van der Waals surface area contributed by atoms with Gasteiger partial charge in [0, 0.05) is 32.0 Å². The number of rotatable bonds is 17. The molecule has 9 heteroatoms. The number of allylic oxidation sites excluding steroid dienone is 1. The average Bonchev–Trinajstić information content (AvgIpc) is 2.65. The summed E-state index contributed by atoms with van der Waals surface area (Å²) in [5.41, 5.74) is -2.54. The van der Waals surface area contributed by atoms with Gasteiger partial charge in [0.2, 0.25) is 6.10 Å². The summed E-state index contributed by atoms with van der Waals surface area (Å²) in [6.45, 7) is 16.6. The Labute approximate surface area is 169 Å². The van der Waals surface area contributed by atoms with E-state index in [0.29, 0.717) is 0 Å². The molecule has 0 amide bonds. The third-order valence-electron chi connectivity index (χ3n) is 3.56. The van der Waals surface area contributed by atoms with Gasteiger partial charge in [0.25, 0.3) is 0 Å². The van der Waals surface area contributed by atoms with Crippen molar-refractivity contribution >= 4 is 13.3 Å². The molecule has 0 spiro atoms. The third kappa shape index (κ3) is 6.39. The van der Waals surface area contributed by atoms with Crippen LogP contribution in [0.4, 0.5) is 0 Å². The maximum Gasteiger partial charge on any atom is 0.489 e. The highest BCUT2D eigenvalue weighted by molar-refractivity contribution is 7.65. The highest BCUT2D eigenvalue weighted by atomic mass is 31.1. The smallest absolute Gasteiger partial charge is 0.361 e. The zero-order chi connectivity index (χ0) is 21.8. The van der Waals surface area contributed by atoms with E-state index in [4.69, 9.17) is 28.4 Å². The van der Waals surface area contributed by atoms with Gasteiger partial charge in [-0.05, 0) is 48.5 Å². The molecule has 0 aromatic rings. The van der Waals surface area contributed by atoms with Crippen LogP contribution in [-0.4, -0.2) is 62.8 Å². The summed E-state index contributed by atoms with van der Waals surface area (Å²) in [6, 6.07) is 0. The van der Waals surface area contributed by atoms with Gasteiger partial charge in [-0.1, -0.05) is 11.1 Å². The highest BCUT2D eigenvalue weighted by Crippen LogP contribution is 2.51. The predicted octanol–water partition coefficient (Wildman–Crippen LogP) is 3.81. The molecule has 0 aromatic heterocycles. The minimum Gasteiger partial charge on any atom is -0.361 e. The van der Waals surface area contributed by atoms with Crippen LogP contribution in [0.3, 0.4) is 0 Å². The maximum atomic E-state index is 13.4. The Morgan fingerprint density at radius 1 is 0.821 bits per heavy atom. The zero-order valence-electron chi connectivity index (χ0n) is 18.2. The summed E-state index contributed by atoms with van der Waals surface area (Å²) in [5, 5.41) is 0. The van der Waals surface area contributed by atoms with E-state index < -0.39 is 30.9 Å². The van der Waals surface area contributed by atoms with Crippen LogP contribution in [-0.2, 0) is 37.8 Å². The van der Waals surface area contributed by atoms with Gasteiger partial charge in [0.15, 0.2) is 0 Å². The minimum atomic E-state index is -2.79. The lowest BCUT2D eigenvalue weighted by Crippen LogP contribution is -2.63. The first-order valence-electron chi connectivity index (χ1n) is 9.75. The van der Waals surface area contributed by atoms with E-state index in [1.165, 1.54) is 6.92 Å². The van der Waals surface area contributed by atoms with E-state index in [2.05, 4.69) is 6.58 Å². The molecule has 0 fully saturated rings. The van der Waals surface area contributed by atoms with Crippen molar-refractivity contribution in [3.05, 3.63) is 12.2 Å². The van der Waals surface area contributed by atoms with E-state index >= 15 is 0 Å². The zero-order valence-corrected chi connectivity index (χ0v) is 19.1. The van der Waals surface area contributed by atoms with Gasteiger partial charge in [-0.15, -0.1) is 0 Å². The van der Waals surface area contributed by atoms with E-state index in [0.717, 1.165) is 0 Å². The van der Waals surface area contributed by atoms with Gasteiger partial charge in [-0.2, -0.15) is 0 Å². The lowest BCUT2D eigenvalue weighted by molar-refractivity contribution is -0.443. The van der Waals surface area contributed by atoms with E-state index in [1.807, 2.05) is 0 Å². The highest BCUT2D eigenvalue weighted by Gasteiger charge is 2.71. The van der Waals surface area contributed by atoms with Crippen LogP contribution in [0.25, 0.3) is 0 Å². The van der Waals surface area contributed by atoms with Crippen LogP contribution in [0.1, 0.15) is 48.5 Å². The van der Waals surface area contributed by atoms with Crippen LogP contribution >= 0.6 is 7.80 Å². The summed E-state index contributed by atoms with van der Waals surface area (Å²) >= 11 is 0. The van der Waals surface area contributed by atoms with E-state index in [-0.39, 0.29) is 45.2 Å². The van der Waals surface area contributed by atoms with Gasteiger partial charge >= 0.3 is 24.8 Å². The second-order valence-electron chi connectivity index (χ2n) is 5.61. The summed E-state index contributed by atoms with van der Waals surface area (Å²) in [5.74, 6) is -1.78. The van der Waals surface area contributed by atoms with Crippen LogP contribution in [0.15, 0.2) is 12.2 Å². The molecule has 0 rings (SSSR count).